The van der Waals surface area contributed by atoms with Gasteiger partial charge in [-0.1, -0.05) is 43.0 Å². The van der Waals surface area contributed by atoms with Crippen LogP contribution in [0.15, 0.2) is 54.1 Å². The molecule has 0 bridgehead atoms. The van der Waals surface area contributed by atoms with Gasteiger partial charge in [-0.2, -0.15) is 0 Å². The Labute approximate surface area is 91.6 Å². The third kappa shape index (κ3) is 1.56. The predicted octanol–water partition coefficient (Wildman–Crippen LogP) is 4.15. The van der Waals surface area contributed by atoms with Crippen molar-refractivity contribution in [1.29, 1.82) is 0 Å². The molecule has 2 rings (SSSR count). The molecule has 0 unspecified atom stereocenters. The zero-order valence-electron chi connectivity index (χ0n) is 9.38. The van der Waals surface area contributed by atoms with Crippen LogP contribution in [0.25, 0.3) is 5.57 Å². The number of allylic oxidation sites excluding steroid dienone is 5. The summed E-state index contributed by atoms with van der Waals surface area (Å²) in [5, 5.41) is 0. The van der Waals surface area contributed by atoms with Gasteiger partial charge in [-0.15, -0.1) is 0 Å². The summed E-state index contributed by atoms with van der Waals surface area (Å²) >= 11 is 0. The van der Waals surface area contributed by atoms with E-state index in [2.05, 4.69) is 50.8 Å². The Bertz CT molecular complexity index is 459. The Morgan fingerprint density at radius 2 is 2.07 bits per heavy atom. The zero-order valence-corrected chi connectivity index (χ0v) is 9.38. The van der Waals surface area contributed by atoms with Crippen molar-refractivity contribution in [1.82, 2.24) is 0 Å². The molecule has 15 heavy (non-hydrogen) atoms. The molecule has 0 radical (unpaired) electrons. The van der Waals surface area contributed by atoms with Gasteiger partial charge in [-0.25, -0.2) is 0 Å². The van der Waals surface area contributed by atoms with Gasteiger partial charge in [0.2, 0.25) is 0 Å². The molecule has 0 fully saturated rings. The van der Waals surface area contributed by atoms with Gasteiger partial charge in [0.05, 0.1) is 0 Å². The van der Waals surface area contributed by atoms with E-state index in [0.29, 0.717) is 0 Å². The lowest BCUT2D eigenvalue weighted by Crippen LogP contribution is -1.84. The summed E-state index contributed by atoms with van der Waals surface area (Å²) in [6.45, 7) is 8.09. The monoisotopic (exact) mass is 196 g/mol. The van der Waals surface area contributed by atoms with Crippen molar-refractivity contribution in [2.75, 3.05) is 0 Å². The van der Waals surface area contributed by atoms with Crippen molar-refractivity contribution >= 4 is 5.57 Å². The molecule has 0 N–H and O–H groups in total. The lowest BCUT2D eigenvalue weighted by Gasteiger charge is -2.03. The molecule has 0 spiro atoms. The van der Waals surface area contributed by atoms with E-state index < -0.39 is 0 Å². The Morgan fingerprint density at radius 1 is 1.33 bits per heavy atom. The van der Waals surface area contributed by atoms with Crippen LogP contribution < -0.4 is 0 Å². The summed E-state index contributed by atoms with van der Waals surface area (Å²) in [5.74, 6) is 0. The molecule has 0 amide bonds. The van der Waals surface area contributed by atoms with Crippen LogP contribution in [-0.2, 0) is 6.42 Å². The minimum absolute atomic E-state index is 1.05. The highest BCUT2D eigenvalue weighted by molar-refractivity contribution is 5.86. The molecular weight excluding hydrogens is 180 g/mol. The molecule has 0 nitrogen and oxygen atoms in total. The van der Waals surface area contributed by atoms with E-state index in [9.17, 15) is 0 Å². The van der Waals surface area contributed by atoms with Crippen LogP contribution in [-0.4, -0.2) is 0 Å². The Hall–Kier alpha value is -1.56. The summed E-state index contributed by atoms with van der Waals surface area (Å²) in [6, 6.07) is 8.63. The summed E-state index contributed by atoms with van der Waals surface area (Å²) in [7, 11) is 0. The fourth-order valence-corrected chi connectivity index (χ4v) is 2.19. The minimum atomic E-state index is 1.05. The second-order valence-electron chi connectivity index (χ2n) is 3.90. The number of hydrogen-bond acceptors (Lipinski definition) is 0. The summed E-state index contributed by atoms with van der Waals surface area (Å²) < 4.78 is 0. The molecule has 1 aliphatic rings. The van der Waals surface area contributed by atoms with Crippen LogP contribution in [0.4, 0.5) is 0 Å². The first-order valence-corrected chi connectivity index (χ1v) is 5.35. The van der Waals surface area contributed by atoms with Crippen molar-refractivity contribution in [3.05, 3.63) is 65.3 Å². The lowest BCUT2D eigenvalue weighted by atomic mass is 10.0. The molecular formula is C15H16. The quantitative estimate of drug-likeness (QED) is 0.633. The Morgan fingerprint density at radius 3 is 2.73 bits per heavy atom. The van der Waals surface area contributed by atoms with Gasteiger partial charge in [0.25, 0.3) is 0 Å². The van der Waals surface area contributed by atoms with E-state index >= 15 is 0 Å². The predicted molar refractivity (Wildman–Crippen MR) is 66.7 cm³/mol. The highest BCUT2D eigenvalue weighted by Crippen LogP contribution is 2.38. The average Bonchev–Trinajstić information content (AvgIpc) is 2.66. The fraction of sp³-hybridized carbons (Fsp3) is 0.200. The first-order valence-electron chi connectivity index (χ1n) is 5.35. The SMILES string of the molecule is C=C/C(C)=C1/Cc2ccccc2/C1=C/C. The third-order valence-electron chi connectivity index (χ3n) is 3.07. The van der Waals surface area contributed by atoms with Crippen LogP contribution in [0.3, 0.4) is 0 Å². The van der Waals surface area contributed by atoms with Crippen LogP contribution >= 0.6 is 0 Å². The molecule has 0 heteroatoms. The number of hydrogen-bond donors (Lipinski definition) is 0. The van der Waals surface area contributed by atoms with Crippen LogP contribution in [0.5, 0.6) is 0 Å². The zero-order chi connectivity index (χ0) is 10.8. The standard InChI is InChI=1S/C15H16/c1-4-11(3)15-10-12-8-6-7-9-14(12)13(15)5-2/h4-9H,1,10H2,2-3H3/b13-5-,15-11-. The smallest absolute Gasteiger partial charge is 0.00109 e. The van der Waals surface area contributed by atoms with Crippen molar-refractivity contribution in [3.63, 3.8) is 0 Å². The molecule has 0 aliphatic heterocycles. The number of rotatable bonds is 1. The molecule has 1 aromatic rings. The third-order valence-corrected chi connectivity index (χ3v) is 3.07. The normalized spacial score (nSPS) is 20.3. The number of fused-ring (bicyclic) bond motifs is 1. The molecule has 0 atom stereocenters. The highest BCUT2D eigenvalue weighted by Gasteiger charge is 2.20. The lowest BCUT2D eigenvalue weighted by molar-refractivity contribution is 1.23. The fourth-order valence-electron chi connectivity index (χ4n) is 2.19. The highest BCUT2D eigenvalue weighted by atomic mass is 14.2. The van der Waals surface area contributed by atoms with E-state index in [-0.39, 0.29) is 0 Å². The minimum Gasteiger partial charge on any atom is -0.0988 e. The van der Waals surface area contributed by atoms with E-state index in [1.165, 1.54) is 27.8 Å². The first-order chi connectivity index (χ1) is 7.27. The molecule has 0 aromatic heterocycles. The largest absolute Gasteiger partial charge is 0.0988 e. The second kappa shape index (κ2) is 3.90. The van der Waals surface area contributed by atoms with Crippen molar-refractivity contribution in [3.8, 4) is 0 Å². The van der Waals surface area contributed by atoms with E-state index in [0.717, 1.165) is 6.42 Å². The van der Waals surface area contributed by atoms with Crippen molar-refractivity contribution in [2.45, 2.75) is 20.3 Å². The average molecular weight is 196 g/mol. The van der Waals surface area contributed by atoms with Crippen molar-refractivity contribution in [2.24, 2.45) is 0 Å². The topological polar surface area (TPSA) is 0 Å². The molecule has 1 aliphatic carbocycles. The van der Waals surface area contributed by atoms with Gasteiger partial charge in [0.15, 0.2) is 0 Å². The van der Waals surface area contributed by atoms with Crippen LogP contribution in [0.2, 0.25) is 0 Å². The summed E-state index contributed by atoms with van der Waals surface area (Å²) in [6.07, 6.45) is 5.20. The molecule has 0 saturated heterocycles. The van der Waals surface area contributed by atoms with E-state index in [4.69, 9.17) is 0 Å². The van der Waals surface area contributed by atoms with Gasteiger partial charge in [-0.3, -0.25) is 0 Å². The van der Waals surface area contributed by atoms with Gasteiger partial charge in [0, 0.05) is 0 Å². The maximum absolute atomic E-state index is 3.85. The van der Waals surface area contributed by atoms with E-state index in [1.807, 2.05) is 6.08 Å². The Kier molecular flexibility index (Phi) is 2.59. The molecule has 76 valence electrons. The van der Waals surface area contributed by atoms with Gasteiger partial charge >= 0.3 is 0 Å². The molecule has 1 aromatic carbocycles. The first kappa shape index (κ1) is 9.97. The van der Waals surface area contributed by atoms with Gasteiger partial charge < -0.3 is 0 Å². The maximum atomic E-state index is 3.85. The van der Waals surface area contributed by atoms with Crippen LogP contribution in [0.1, 0.15) is 25.0 Å². The molecule has 0 heterocycles. The van der Waals surface area contributed by atoms with E-state index in [1.54, 1.807) is 0 Å². The number of benzene rings is 1. The Balaban J connectivity index is 2.61. The molecule has 0 saturated carbocycles. The van der Waals surface area contributed by atoms with Crippen LogP contribution in [0, 0.1) is 0 Å². The maximum Gasteiger partial charge on any atom is -0.00109 e. The van der Waals surface area contributed by atoms with Crippen molar-refractivity contribution < 1.29 is 0 Å². The van der Waals surface area contributed by atoms with Gasteiger partial charge in [-0.05, 0) is 48.1 Å². The summed E-state index contributed by atoms with van der Waals surface area (Å²) in [5.41, 5.74) is 6.91. The summed E-state index contributed by atoms with van der Waals surface area (Å²) in [4.78, 5) is 0. The van der Waals surface area contributed by atoms with Gasteiger partial charge in [0.1, 0.15) is 0 Å². The second-order valence-corrected chi connectivity index (χ2v) is 3.90.